The fourth-order valence-corrected chi connectivity index (χ4v) is 3.04. The molecule has 0 heterocycles. The Bertz CT molecular complexity index is 865. The van der Waals surface area contributed by atoms with E-state index in [1.807, 2.05) is 12.1 Å². The molecule has 1 aliphatic carbocycles. The summed E-state index contributed by atoms with van der Waals surface area (Å²) in [5.74, 6) is -1.70. The highest BCUT2D eigenvalue weighted by atomic mass is 35.5. The average Bonchev–Trinajstić information content (AvgIpc) is 2.70. The van der Waals surface area contributed by atoms with Crippen LogP contribution in [0.1, 0.15) is 44.7 Å². The molecule has 2 N–H and O–H groups in total. The monoisotopic (exact) mass is 386 g/mol. The van der Waals surface area contributed by atoms with E-state index < -0.39 is 24.4 Å². The third-order valence-corrected chi connectivity index (χ3v) is 4.59. The van der Waals surface area contributed by atoms with E-state index in [0.717, 1.165) is 24.8 Å². The molecule has 1 aliphatic rings. The summed E-state index contributed by atoms with van der Waals surface area (Å²) in [6.07, 6.45) is 4.26. The molecule has 6 nitrogen and oxygen atoms in total. The Hall–Kier alpha value is -2.86. The van der Waals surface area contributed by atoms with E-state index in [4.69, 9.17) is 16.3 Å². The van der Waals surface area contributed by atoms with Gasteiger partial charge in [-0.15, -0.1) is 0 Å². The van der Waals surface area contributed by atoms with Crippen molar-refractivity contribution in [3.63, 3.8) is 0 Å². The molecule has 2 aromatic rings. The van der Waals surface area contributed by atoms with Crippen LogP contribution in [0.3, 0.4) is 0 Å². The fraction of sp³-hybridized carbons (Fsp3) is 0.250. The fourth-order valence-electron chi connectivity index (χ4n) is 2.91. The number of benzene rings is 2. The lowest BCUT2D eigenvalue weighted by Crippen LogP contribution is -2.43. The minimum Gasteiger partial charge on any atom is -0.452 e. The van der Waals surface area contributed by atoms with Crippen molar-refractivity contribution in [1.82, 2.24) is 10.9 Å². The van der Waals surface area contributed by atoms with E-state index in [1.54, 1.807) is 18.2 Å². The molecule has 140 valence electrons. The zero-order chi connectivity index (χ0) is 19.2. The summed E-state index contributed by atoms with van der Waals surface area (Å²) in [5.41, 5.74) is 7.64. The SMILES string of the molecule is O=C(COC(=O)c1ccc2c(c1)CCCC2)NNC(=O)c1ccc(Cl)cc1. The molecule has 0 aromatic heterocycles. The summed E-state index contributed by atoms with van der Waals surface area (Å²) < 4.78 is 5.01. The van der Waals surface area contributed by atoms with Crippen LogP contribution in [0.5, 0.6) is 0 Å². The van der Waals surface area contributed by atoms with Gasteiger partial charge in [0, 0.05) is 10.6 Å². The minimum atomic E-state index is -0.636. The lowest BCUT2D eigenvalue weighted by atomic mass is 9.90. The number of halogens is 1. The maximum Gasteiger partial charge on any atom is 0.338 e. The number of hydrogen-bond donors (Lipinski definition) is 2. The molecule has 0 aliphatic heterocycles. The van der Waals surface area contributed by atoms with E-state index in [1.165, 1.54) is 24.1 Å². The highest BCUT2D eigenvalue weighted by Gasteiger charge is 2.15. The Balaban J connectivity index is 1.46. The number of hydrazine groups is 1. The number of esters is 1. The maximum absolute atomic E-state index is 12.1. The zero-order valence-corrected chi connectivity index (χ0v) is 15.3. The van der Waals surface area contributed by atoms with Gasteiger partial charge >= 0.3 is 5.97 Å². The molecule has 2 amide bonds. The minimum absolute atomic E-state index is 0.339. The van der Waals surface area contributed by atoms with Crippen molar-refractivity contribution in [1.29, 1.82) is 0 Å². The van der Waals surface area contributed by atoms with Gasteiger partial charge in [0.1, 0.15) is 0 Å². The van der Waals surface area contributed by atoms with Crippen LogP contribution < -0.4 is 10.9 Å². The molecule has 0 fully saturated rings. The molecule has 0 spiro atoms. The number of carbonyl (C=O) groups excluding carboxylic acids is 3. The third kappa shape index (κ3) is 5.08. The summed E-state index contributed by atoms with van der Waals surface area (Å²) in [6, 6.07) is 11.7. The highest BCUT2D eigenvalue weighted by molar-refractivity contribution is 6.30. The summed E-state index contributed by atoms with van der Waals surface area (Å²) in [5, 5.41) is 0.504. The predicted molar refractivity (Wildman–Crippen MR) is 100 cm³/mol. The smallest absolute Gasteiger partial charge is 0.338 e. The molecule has 27 heavy (non-hydrogen) atoms. The van der Waals surface area contributed by atoms with E-state index in [9.17, 15) is 14.4 Å². The molecular formula is C20H19ClN2O4. The number of carbonyl (C=O) groups is 3. The van der Waals surface area contributed by atoms with Crippen molar-refractivity contribution in [2.45, 2.75) is 25.7 Å². The Kier molecular flexibility index (Phi) is 6.08. The predicted octanol–water partition coefficient (Wildman–Crippen LogP) is 2.84. The molecule has 0 unspecified atom stereocenters. The second-order valence-electron chi connectivity index (χ2n) is 6.28. The second-order valence-corrected chi connectivity index (χ2v) is 6.71. The largest absolute Gasteiger partial charge is 0.452 e. The molecule has 7 heteroatoms. The molecule has 3 rings (SSSR count). The number of fused-ring (bicyclic) bond motifs is 1. The molecule has 0 atom stereocenters. The van der Waals surface area contributed by atoms with E-state index in [0.29, 0.717) is 16.1 Å². The first kappa shape index (κ1) is 18.9. The summed E-state index contributed by atoms with van der Waals surface area (Å²) in [4.78, 5) is 35.8. The number of rotatable bonds is 4. The van der Waals surface area contributed by atoms with Gasteiger partial charge in [-0.25, -0.2) is 4.79 Å². The first-order valence-corrected chi connectivity index (χ1v) is 9.04. The molecule has 2 aromatic carbocycles. The number of aryl methyl sites for hydroxylation is 2. The van der Waals surface area contributed by atoms with Crippen LogP contribution in [0.2, 0.25) is 5.02 Å². The lowest BCUT2D eigenvalue weighted by molar-refractivity contribution is -0.125. The van der Waals surface area contributed by atoms with Gasteiger partial charge in [0.15, 0.2) is 6.61 Å². The van der Waals surface area contributed by atoms with Crippen LogP contribution in [0, 0.1) is 0 Å². The van der Waals surface area contributed by atoms with Crippen molar-refractivity contribution >= 4 is 29.4 Å². The summed E-state index contributed by atoms with van der Waals surface area (Å²) >= 11 is 5.75. The van der Waals surface area contributed by atoms with Gasteiger partial charge in [0.25, 0.3) is 11.8 Å². The zero-order valence-electron chi connectivity index (χ0n) is 14.6. The van der Waals surface area contributed by atoms with Gasteiger partial charge in [-0.2, -0.15) is 0 Å². The van der Waals surface area contributed by atoms with Crippen LogP contribution in [-0.2, 0) is 22.4 Å². The van der Waals surface area contributed by atoms with Crippen LogP contribution in [0.25, 0.3) is 0 Å². The van der Waals surface area contributed by atoms with Crippen molar-refractivity contribution in [3.8, 4) is 0 Å². The van der Waals surface area contributed by atoms with Crippen molar-refractivity contribution in [3.05, 3.63) is 69.7 Å². The Morgan fingerprint density at radius 2 is 1.56 bits per heavy atom. The Morgan fingerprint density at radius 1 is 0.889 bits per heavy atom. The van der Waals surface area contributed by atoms with Gasteiger partial charge in [-0.05, 0) is 73.2 Å². The quantitative estimate of drug-likeness (QED) is 0.625. The first-order valence-electron chi connectivity index (χ1n) is 8.66. The van der Waals surface area contributed by atoms with Crippen molar-refractivity contribution in [2.75, 3.05) is 6.61 Å². The third-order valence-electron chi connectivity index (χ3n) is 4.34. The van der Waals surface area contributed by atoms with Gasteiger partial charge in [0.05, 0.1) is 5.56 Å². The number of hydrogen-bond acceptors (Lipinski definition) is 4. The van der Waals surface area contributed by atoms with Gasteiger partial charge in [-0.3, -0.25) is 20.4 Å². The van der Waals surface area contributed by atoms with Crippen LogP contribution in [0.15, 0.2) is 42.5 Å². The number of nitrogens with one attached hydrogen (secondary N) is 2. The van der Waals surface area contributed by atoms with Crippen molar-refractivity contribution in [2.24, 2.45) is 0 Å². The average molecular weight is 387 g/mol. The molecule has 0 saturated carbocycles. The molecular weight excluding hydrogens is 368 g/mol. The standard InChI is InChI=1S/C20H19ClN2O4/c21-17-9-7-14(8-10-17)19(25)23-22-18(24)12-27-20(26)16-6-5-13-3-1-2-4-15(13)11-16/h5-11H,1-4,12H2,(H,22,24)(H,23,25). The second kappa shape index (κ2) is 8.68. The van der Waals surface area contributed by atoms with Crippen LogP contribution in [-0.4, -0.2) is 24.4 Å². The number of ether oxygens (including phenoxy) is 1. The van der Waals surface area contributed by atoms with Gasteiger partial charge < -0.3 is 4.74 Å². The highest BCUT2D eigenvalue weighted by Crippen LogP contribution is 2.22. The molecule has 0 saturated heterocycles. The normalized spacial score (nSPS) is 12.6. The van der Waals surface area contributed by atoms with Crippen LogP contribution in [0.4, 0.5) is 0 Å². The van der Waals surface area contributed by atoms with E-state index in [-0.39, 0.29) is 0 Å². The molecule has 0 bridgehead atoms. The lowest BCUT2D eigenvalue weighted by Gasteiger charge is -2.16. The maximum atomic E-state index is 12.1. The Morgan fingerprint density at radius 3 is 2.30 bits per heavy atom. The van der Waals surface area contributed by atoms with Crippen LogP contribution >= 0.6 is 11.6 Å². The first-order chi connectivity index (χ1) is 13.0. The summed E-state index contributed by atoms with van der Waals surface area (Å²) in [7, 11) is 0. The van der Waals surface area contributed by atoms with E-state index >= 15 is 0 Å². The van der Waals surface area contributed by atoms with E-state index in [2.05, 4.69) is 10.9 Å². The van der Waals surface area contributed by atoms with Gasteiger partial charge in [-0.1, -0.05) is 17.7 Å². The molecule has 0 radical (unpaired) electrons. The number of amides is 2. The summed E-state index contributed by atoms with van der Waals surface area (Å²) in [6.45, 7) is -0.489. The van der Waals surface area contributed by atoms with Gasteiger partial charge in [0.2, 0.25) is 0 Å². The van der Waals surface area contributed by atoms with Crippen molar-refractivity contribution < 1.29 is 19.1 Å². The Labute approximate surface area is 161 Å². The topological polar surface area (TPSA) is 84.5 Å².